The van der Waals surface area contributed by atoms with Crippen LogP contribution in [-0.2, 0) is 20.3 Å². The molecule has 1 atom stereocenters. The second-order valence-electron chi connectivity index (χ2n) is 3.42. The summed E-state index contributed by atoms with van der Waals surface area (Å²) in [7, 11) is 0.551. The normalized spacial score (nSPS) is 12.5. The molecule has 0 amide bonds. The Hall–Kier alpha value is -0.980. The summed E-state index contributed by atoms with van der Waals surface area (Å²) in [5.41, 5.74) is 6.17. The Labute approximate surface area is 104 Å². The highest BCUT2D eigenvalue weighted by molar-refractivity contribution is 7.85. The van der Waals surface area contributed by atoms with E-state index in [2.05, 4.69) is 4.98 Å². The van der Waals surface area contributed by atoms with Gasteiger partial charge in [-0.1, -0.05) is 0 Å². The van der Waals surface area contributed by atoms with Gasteiger partial charge in [-0.15, -0.1) is 0 Å². The van der Waals surface area contributed by atoms with Crippen molar-refractivity contribution in [3.8, 4) is 0 Å². The molecule has 6 heteroatoms. The van der Waals surface area contributed by atoms with Crippen molar-refractivity contribution in [1.29, 1.82) is 0 Å². The van der Waals surface area contributed by atoms with Crippen LogP contribution in [0.3, 0.4) is 0 Å². The third-order valence-corrected chi connectivity index (χ3v) is 3.63. The van der Waals surface area contributed by atoms with Crippen LogP contribution < -0.4 is 5.73 Å². The number of hydrogen-bond acceptors (Lipinski definition) is 5. The van der Waals surface area contributed by atoms with Crippen molar-refractivity contribution in [1.82, 2.24) is 4.98 Å². The predicted octanol–water partition coefficient (Wildman–Crippen LogP) is 0.825. The van der Waals surface area contributed by atoms with Crippen LogP contribution in [0.2, 0.25) is 0 Å². The smallest absolute Gasteiger partial charge is 0.0700 e. The van der Waals surface area contributed by atoms with E-state index in [0.29, 0.717) is 36.2 Å². The van der Waals surface area contributed by atoms with Gasteiger partial charge in [0.2, 0.25) is 0 Å². The zero-order valence-electron chi connectivity index (χ0n) is 9.93. The maximum Gasteiger partial charge on any atom is 0.0700 e. The molecule has 0 fully saturated rings. The van der Waals surface area contributed by atoms with Gasteiger partial charge in [0, 0.05) is 25.7 Å². The lowest BCUT2D eigenvalue weighted by Crippen LogP contribution is -2.07. The first-order valence-electron chi connectivity index (χ1n) is 5.40. The van der Waals surface area contributed by atoms with E-state index in [1.54, 1.807) is 19.4 Å². The maximum absolute atomic E-state index is 11.9. The highest BCUT2D eigenvalue weighted by Crippen LogP contribution is 2.14. The Morgan fingerprint density at radius 1 is 1.41 bits per heavy atom. The molecule has 0 aliphatic carbocycles. The molecule has 0 aliphatic heterocycles. The van der Waals surface area contributed by atoms with E-state index < -0.39 is 10.8 Å². The lowest BCUT2D eigenvalue weighted by Gasteiger charge is -2.05. The zero-order chi connectivity index (χ0) is 12.5. The molecule has 0 saturated heterocycles. The first-order valence-corrected chi connectivity index (χ1v) is 6.72. The number of aromatic nitrogens is 1. The highest BCUT2D eigenvalue weighted by atomic mass is 32.2. The maximum atomic E-state index is 11.9. The first-order chi connectivity index (χ1) is 8.25. The number of nitrogens with two attached hydrogens (primary N) is 1. The Bertz CT molecular complexity index is 360. The van der Waals surface area contributed by atoms with Crippen LogP contribution >= 0.6 is 0 Å². The van der Waals surface area contributed by atoms with E-state index in [-0.39, 0.29) is 0 Å². The molecule has 1 heterocycles. The average molecular weight is 258 g/mol. The second-order valence-corrected chi connectivity index (χ2v) is 4.96. The quantitative estimate of drug-likeness (QED) is 0.699. The van der Waals surface area contributed by atoms with Crippen molar-refractivity contribution in [3.05, 3.63) is 18.5 Å². The first kappa shape index (κ1) is 14.1. The minimum absolute atomic E-state index is 0.478. The van der Waals surface area contributed by atoms with E-state index in [4.69, 9.17) is 15.2 Å². The van der Waals surface area contributed by atoms with E-state index in [9.17, 15) is 4.21 Å². The Balaban J connectivity index is 2.24. The van der Waals surface area contributed by atoms with Crippen molar-refractivity contribution < 1.29 is 13.7 Å². The van der Waals surface area contributed by atoms with Gasteiger partial charge in [0.15, 0.2) is 0 Å². The van der Waals surface area contributed by atoms with Crippen LogP contribution in [0, 0.1) is 0 Å². The summed E-state index contributed by atoms with van der Waals surface area (Å²) in [5.74, 6) is 0.543. The molecule has 17 heavy (non-hydrogen) atoms. The lowest BCUT2D eigenvalue weighted by molar-refractivity contribution is 0.0713. The number of methoxy groups -OCH3 is 1. The molecule has 0 aliphatic rings. The van der Waals surface area contributed by atoms with Crippen LogP contribution in [0.4, 0.5) is 5.69 Å². The fourth-order valence-electron chi connectivity index (χ4n) is 1.25. The van der Waals surface area contributed by atoms with Gasteiger partial charge in [0.25, 0.3) is 0 Å². The van der Waals surface area contributed by atoms with Gasteiger partial charge in [-0.05, 0) is 12.5 Å². The van der Waals surface area contributed by atoms with Crippen LogP contribution in [0.15, 0.2) is 23.4 Å². The average Bonchev–Trinajstić information content (AvgIpc) is 2.34. The van der Waals surface area contributed by atoms with Gasteiger partial charge in [0.05, 0.1) is 40.8 Å². The predicted molar refractivity (Wildman–Crippen MR) is 67.2 cm³/mol. The largest absolute Gasteiger partial charge is 0.396 e. The van der Waals surface area contributed by atoms with Gasteiger partial charge in [-0.25, -0.2) is 0 Å². The van der Waals surface area contributed by atoms with E-state index in [1.807, 2.05) is 0 Å². The molecule has 1 aromatic heterocycles. The summed E-state index contributed by atoms with van der Waals surface area (Å²) < 4.78 is 22.0. The Morgan fingerprint density at radius 3 is 2.94 bits per heavy atom. The topological polar surface area (TPSA) is 74.4 Å². The highest BCUT2D eigenvalue weighted by Gasteiger charge is 2.07. The molecule has 1 aromatic rings. The summed E-state index contributed by atoms with van der Waals surface area (Å²) >= 11 is 0. The monoisotopic (exact) mass is 258 g/mol. The minimum Gasteiger partial charge on any atom is -0.396 e. The molecule has 0 saturated carbocycles. The molecule has 96 valence electrons. The van der Waals surface area contributed by atoms with Gasteiger partial charge in [-0.3, -0.25) is 9.19 Å². The summed E-state index contributed by atoms with van der Waals surface area (Å²) in [5, 5.41) is 0. The summed E-state index contributed by atoms with van der Waals surface area (Å²) in [4.78, 5) is 4.51. The number of nitrogen functional groups attached to an aromatic ring is 1. The standard InChI is InChI=1S/C11H18N2O3S/c1-15-6-7-16-5-2-8-17(14)11-3-4-13-9-10(11)12/h3-4,9H,2,5-8,12H2,1H3. The van der Waals surface area contributed by atoms with E-state index in [0.717, 1.165) is 6.42 Å². The molecular formula is C11H18N2O3S. The number of anilines is 1. The fraction of sp³-hybridized carbons (Fsp3) is 0.545. The molecule has 0 aromatic carbocycles. The van der Waals surface area contributed by atoms with Crippen molar-refractivity contribution in [3.63, 3.8) is 0 Å². The third kappa shape index (κ3) is 5.25. The van der Waals surface area contributed by atoms with Crippen molar-refractivity contribution >= 4 is 16.5 Å². The fourth-order valence-corrected chi connectivity index (χ4v) is 2.38. The van der Waals surface area contributed by atoms with Crippen molar-refractivity contribution in [2.75, 3.05) is 38.4 Å². The Kier molecular flexibility index (Phi) is 6.76. The molecule has 1 unspecified atom stereocenters. The molecular weight excluding hydrogens is 240 g/mol. The third-order valence-electron chi connectivity index (χ3n) is 2.11. The number of rotatable bonds is 8. The summed E-state index contributed by atoms with van der Waals surface area (Å²) in [6, 6.07) is 1.69. The van der Waals surface area contributed by atoms with Gasteiger partial charge in [0.1, 0.15) is 0 Å². The molecule has 0 radical (unpaired) electrons. The van der Waals surface area contributed by atoms with Gasteiger partial charge < -0.3 is 15.2 Å². The molecule has 0 bridgehead atoms. The second kappa shape index (κ2) is 8.16. The van der Waals surface area contributed by atoms with Crippen molar-refractivity contribution in [2.45, 2.75) is 11.3 Å². The van der Waals surface area contributed by atoms with Crippen LogP contribution in [0.25, 0.3) is 0 Å². The van der Waals surface area contributed by atoms with Crippen LogP contribution in [0.1, 0.15) is 6.42 Å². The van der Waals surface area contributed by atoms with Gasteiger partial charge >= 0.3 is 0 Å². The van der Waals surface area contributed by atoms with Crippen LogP contribution in [0.5, 0.6) is 0 Å². The van der Waals surface area contributed by atoms with E-state index in [1.165, 1.54) is 6.20 Å². The summed E-state index contributed by atoms with van der Waals surface area (Å²) in [6.45, 7) is 1.74. The number of nitrogens with zero attached hydrogens (tertiary/aromatic N) is 1. The molecule has 1 rings (SSSR count). The SMILES string of the molecule is COCCOCCCS(=O)c1ccncc1N. The molecule has 2 N–H and O–H groups in total. The number of hydrogen-bond donors (Lipinski definition) is 1. The van der Waals surface area contributed by atoms with Gasteiger partial charge in [-0.2, -0.15) is 0 Å². The lowest BCUT2D eigenvalue weighted by atomic mass is 10.4. The van der Waals surface area contributed by atoms with Crippen LogP contribution in [-0.4, -0.2) is 41.9 Å². The molecule has 0 spiro atoms. The van der Waals surface area contributed by atoms with E-state index >= 15 is 0 Å². The number of pyridine rings is 1. The Morgan fingerprint density at radius 2 is 2.24 bits per heavy atom. The number of ether oxygens (including phenoxy) is 2. The summed E-state index contributed by atoms with van der Waals surface area (Å²) in [6.07, 6.45) is 3.85. The minimum atomic E-state index is -1.08. The zero-order valence-corrected chi connectivity index (χ0v) is 10.7. The van der Waals surface area contributed by atoms with Crippen molar-refractivity contribution in [2.24, 2.45) is 0 Å². The molecule has 5 nitrogen and oxygen atoms in total.